The van der Waals surface area contributed by atoms with Crippen LogP contribution in [0.25, 0.3) is 0 Å². The lowest BCUT2D eigenvalue weighted by Crippen LogP contribution is -2.50. The molecule has 0 aromatic rings. The molecular weight excluding hydrogens is 392 g/mol. The molecule has 0 aromatic heterocycles. The van der Waals surface area contributed by atoms with Gasteiger partial charge in [0.1, 0.15) is 5.76 Å². The number of rotatable bonds is 4. The summed E-state index contributed by atoms with van der Waals surface area (Å²) in [4.78, 5) is 12.0. The number of esters is 1. The Kier molecular flexibility index (Phi) is 5.66. The van der Waals surface area contributed by atoms with Crippen molar-refractivity contribution in [3.63, 3.8) is 0 Å². The number of carbonyl (C=O) groups excluding carboxylic acids is 1. The first-order valence-corrected chi connectivity index (χ1v) is 11.6. The average molecular weight is 431 g/mol. The second-order valence-corrected chi connectivity index (χ2v) is 11.2. The minimum Gasteiger partial charge on any atom is -0.467 e. The van der Waals surface area contributed by atoms with Gasteiger partial charge in [-0.15, -0.1) is 0 Å². The standard InChI is InChI=1S/C26H38O5/c1-16(2)12-22(27)29-11-9-21-18-14-26(6,28-7)31-23(18)19-15-30-24(3,4)20-8-10-25(21,5)13-17(19)20/h9,11-12,17-18,20-21H,8,10,13-15H2,1-7H3. The first kappa shape index (κ1) is 22.6. The Hall–Kier alpha value is -1.59. The van der Waals surface area contributed by atoms with Gasteiger partial charge in [-0.05, 0) is 81.8 Å². The van der Waals surface area contributed by atoms with Crippen molar-refractivity contribution in [2.45, 2.75) is 78.6 Å². The van der Waals surface area contributed by atoms with Gasteiger partial charge in [0.15, 0.2) is 0 Å². The molecule has 3 fully saturated rings. The van der Waals surface area contributed by atoms with Crippen molar-refractivity contribution in [1.82, 2.24) is 0 Å². The average Bonchev–Trinajstić information content (AvgIpc) is 2.98. The summed E-state index contributed by atoms with van der Waals surface area (Å²) in [6, 6.07) is 0. The summed E-state index contributed by atoms with van der Waals surface area (Å²) in [6.45, 7) is 13.3. The Labute approximate surface area is 186 Å². The maximum Gasteiger partial charge on any atom is 0.335 e. The minimum absolute atomic E-state index is 0.105. The van der Waals surface area contributed by atoms with Crippen LogP contribution in [-0.2, 0) is 23.7 Å². The lowest BCUT2D eigenvalue weighted by molar-refractivity contribution is -0.168. The van der Waals surface area contributed by atoms with Crippen molar-refractivity contribution in [3.05, 3.63) is 35.3 Å². The molecule has 0 N–H and O–H groups in total. The Morgan fingerprint density at radius 2 is 1.87 bits per heavy atom. The molecule has 2 aliphatic carbocycles. The Morgan fingerprint density at radius 1 is 1.13 bits per heavy atom. The molecule has 31 heavy (non-hydrogen) atoms. The fourth-order valence-corrected chi connectivity index (χ4v) is 6.54. The van der Waals surface area contributed by atoms with Crippen LogP contribution in [0.5, 0.6) is 0 Å². The topological polar surface area (TPSA) is 54.0 Å². The number of hydrogen-bond acceptors (Lipinski definition) is 5. The maximum absolute atomic E-state index is 12.0. The highest BCUT2D eigenvalue weighted by Gasteiger charge is 2.58. The number of fused-ring (bicyclic) bond motifs is 2. The molecular formula is C26H38O5. The third kappa shape index (κ3) is 4.00. The summed E-state index contributed by atoms with van der Waals surface area (Å²) < 4.78 is 24.1. The largest absolute Gasteiger partial charge is 0.467 e. The summed E-state index contributed by atoms with van der Waals surface area (Å²) in [5.74, 6) is 1.45. The van der Waals surface area contributed by atoms with Crippen LogP contribution in [0.15, 0.2) is 35.3 Å². The van der Waals surface area contributed by atoms with Gasteiger partial charge in [0, 0.05) is 32.4 Å². The van der Waals surface area contributed by atoms with E-state index in [-0.39, 0.29) is 28.8 Å². The number of ether oxygens (including phenoxy) is 4. The Bertz CT molecular complexity index is 833. The van der Waals surface area contributed by atoms with Crippen LogP contribution in [0, 0.1) is 29.1 Å². The van der Waals surface area contributed by atoms with Crippen LogP contribution >= 0.6 is 0 Å². The minimum atomic E-state index is -0.637. The maximum atomic E-state index is 12.0. The van der Waals surface area contributed by atoms with Crippen molar-refractivity contribution in [1.29, 1.82) is 0 Å². The third-order valence-corrected chi connectivity index (χ3v) is 8.26. The first-order valence-electron chi connectivity index (χ1n) is 11.6. The Morgan fingerprint density at radius 3 is 2.55 bits per heavy atom. The molecule has 0 radical (unpaired) electrons. The number of hydrogen-bond donors (Lipinski definition) is 0. The van der Waals surface area contributed by atoms with Gasteiger partial charge in [-0.1, -0.05) is 12.5 Å². The summed E-state index contributed by atoms with van der Waals surface area (Å²) in [6.07, 6.45) is 9.39. The van der Waals surface area contributed by atoms with E-state index in [1.165, 1.54) is 11.6 Å². The number of methoxy groups -OCH3 is 1. The third-order valence-electron chi connectivity index (χ3n) is 8.26. The zero-order valence-corrected chi connectivity index (χ0v) is 20.1. The highest BCUT2D eigenvalue weighted by molar-refractivity contribution is 5.83. The van der Waals surface area contributed by atoms with E-state index in [1.54, 1.807) is 13.4 Å². The predicted molar refractivity (Wildman–Crippen MR) is 119 cm³/mol. The molecule has 172 valence electrons. The lowest BCUT2D eigenvalue weighted by atomic mass is 9.56. The highest BCUT2D eigenvalue weighted by atomic mass is 16.7. The van der Waals surface area contributed by atoms with E-state index in [9.17, 15) is 4.79 Å². The predicted octanol–water partition coefficient (Wildman–Crippen LogP) is 5.52. The molecule has 4 aliphatic rings. The van der Waals surface area contributed by atoms with Gasteiger partial charge in [0.25, 0.3) is 0 Å². The zero-order valence-electron chi connectivity index (χ0n) is 20.1. The molecule has 0 spiro atoms. The lowest BCUT2D eigenvalue weighted by Gasteiger charge is -2.52. The summed E-state index contributed by atoms with van der Waals surface area (Å²) in [5, 5.41) is 0. The van der Waals surface area contributed by atoms with Gasteiger partial charge in [0.2, 0.25) is 5.79 Å². The van der Waals surface area contributed by atoms with Crippen molar-refractivity contribution < 1.29 is 23.7 Å². The summed E-state index contributed by atoms with van der Waals surface area (Å²) >= 11 is 0. The molecule has 5 nitrogen and oxygen atoms in total. The molecule has 6 atom stereocenters. The molecule has 0 amide bonds. The van der Waals surface area contributed by atoms with Crippen molar-refractivity contribution >= 4 is 5.97 Å². The van der Waals surface area contributed by atoms with Crippen LogP contribution in [0.3, 0.4) is 0 Å². The van der Waals surface area contributed by atoms with E-state index >= 15 is 0 Å². The van der Waals surface area contributed by atoms with E-state index in [4.69, 9.17) is 18.9 Å². The molecule has 1 saturated carbocycles. The Balaban J connectivity index is 1.72. The number of allylic oxidation sites excluding steroid dienone is 3. The van der Waals surface area contributed by atoms with Gasteiger partial charge in [-0.2, -0.15) is 0 Å². The molecule has 2 bridgehead atoms. The second kappa shape index (κ2) is 7.77. The fourth-order valence-electron chi connectivity index (χ4n) is 6.54. The quantitative estimate of drug-likeness (QED) is 0.334. The van der Waals surface area contributed by atoms with E-state index < -0.39 is 5.79 Å². The molecule has 0 aromatic carbocycles. The van der Waals surface area contributed by atoms with Crippen LogP contribution in [-0.4, -0.2) is 31.1 Å². The highest BCUT2D eigenvalue weighted by Crippen LogP contribution is 2.62. The first-order chi connectivity index (χ1) is 14.5. The van der Waals surface area contributed by atoms with Gasteiger partial charge in [-0.25, -0.2) is 4.79 Å². The monoisotopic (exact) mass is 430 g/mol. The molecule has 2 aliphatic heterocycles. The van der Waals surface area contributed by atoms with E-state index in [0.717, 1.165) is 37.0 Å². The van der Waals surface area contributed by atoms with E-state index in [2.05, 4.69) is 26.8 Å². The number of carbonyl (C=O) groups is 1. The van der Waals surface area contributed by atoms with E-state index in [0.29, 0.717) is 18.4 Å². The van der Waals surface area contributed by atoms with Crippen LogP contribution in [0.4, 0.5) is 0 Å². The van der Waals surface area contributed by atoms with Gasteiger partial charge >= 0.3 is 5.97 Å². The van der Waals surface area contributed by atoms with Crippen molar-refractivity contribution in [3.8, 4) is 0 Å². The van der Waals surface area contributed by atoms with Crippen molar-refractivity contribution in [2.75, 3.05) is 13.7 Å². The molecule has 6 unspecified atom stereocenters. The molecule has 2 saturated heterocycles. The second-order valence-electron chi connectivity index (χ2n) is 11.2. The fraction of sp³-hybridized carbons (Fsp3) is 0.731. The van der Waals surface area contributed by atoms with Crippen LogP contribution in [0.2, 0.25) is 0 Å². The molecule has 2 heterocycles. The molecule has 5 heteroatoms. The van der Waals surface area contributed by atoms with Crippen molar-refractivity contribution in [2.24, 2.45) is 29.1 Å². The molecule has 4 rings (SSSR count). The smallest absolute Gasteiger partial charge is 0.335 e. The van der Waals surface area contributed by atoms with Crippen LogP contribution in [0.1, 0.15) is 67.2 Å². The van der Waals surface area contributed by atoms with Gasteiger partial charge in [-0.3, -0.25) is 0 Å². The van der Waals surface area contributed by atoms with Crippen LogP contribution < -0.4 is 0 Å². The summed E-state index contributed by atoms with van der Waals surface area (Å²) in [7, 11) is 1.72. The normalized spacial score (nSPS) is 40.7. The SMILES string of the molecule is COC1(C)CC2C(=C3COC(C)(C)C4CCC(C)(CC34)C2C=COC(=O)C=C(C)C)O1. The van der Waals surface area contributed by atoms with Gasteiger partial charge < -0.3 is 18.9 Å². The van der Waals surface area contributed by atoms with E-state index in [1.807, 2.05) is 20.8 Å². The summed E-state index contributed by atoms with van der Waals surface area (Å²) in [5.41, 5.74) is 2.24. The van der Waals surface area contributed by atoms with Gasteiger partial charge in [0.05, 0.1) is 18.5 Å². The zero-order chi connectivity index (χ0) is 22.6.